The Morgan fingerprint density at radius 2 is 1.75 bits per heavy atom. The number of hydrogen-bond acceptors (Lipinski definition) is 4. The molecule has 16 heavy (non-hydrogen) atoms. The van der Waals surface area contributed by atoms with E-state index in [0.29, 0.717) is 0 Å². The molecule has 1 aliphatic rings. The Labute approximate surface area is 102 Å². The molecule has 3 nitrogen and oxygen atoms in total. The third-order valence-corrected chi connectivity index (χ3v) is 3.80. The molecule has 1 aromatic rings. The Hall–Kier alpha value is -0.870. The molecule has 2 rings (SSSR count). The van der Waals surface area contributed by atoms with Gasteiger partial charge >= 0.3 is 0 Å². The van der Waals surface area contributed by atoms with Gasteiger partial charge in [0.15, 0.2) is 0 Å². The Balaban J connectivity index is 1.91. The van der Waals surface area contributed by atoms with E-state index in [1.165, 1.54) is 11.4 Å². The van der Waals surface area contributed by atoms with Crippen molar-refractivity contribution in [3.8, 4) is 0 Å². The fraction of sp³-hybridized carbons (Fsp3) is 0.500. The van der Waals surface area contributed by atoms with E-state index in [-0.39, 0.29) is 0 Å². The summed E-state index contributed by atoms with van der Waals surface area (Å²) in [5, 5.41) is 0. The van der Waals surface area contributed by atoms with Gasteiger partial charge in [-0.3, -0.25) is 0 Å². The topological polar surface area (TPSA) is 32.5 Å². The number of benzene rings is 1. The molecule has 0 unspecified atom stereocenters. The normalized spacial score (nSPS) is 17.7. The van der Waals surface area contributed by atoms with Crippen LogP contribution in [-0.2, 0) is 0 Å². The molecule has 0 radical (unpaired) electrons. The largest absolute Gasteiger partial charge is 0.399 e. The summed E-state index contributed by atoms with van der Waals surface area (Å²) in [7, 11) is 0. The monoisotopic (exact) mass is 237 g/mol. The zero-order valence-electron chi connectivity index (χ0n) is 9.72. The third kappa shape index (κ3) is 2.83. The highest BCUT2D eigenvalue weighted by Crippen LogP contribution is 2.20. The zero-order valence-corrected chi connectivity index (χ0v) is 10.5. The van der Waals surface area contributed by atoms with Crippen molar-refractivity contribution in [2.75, 3.05) is 42.6 Å². The molecule has 1 heterocycles. The van der Waals surface area contributed by atoms with Crippen molar-refractivity contribution in [1.82, 2.24) is 4.31 Å². The molecule has 1 aromatic carbocycles. The molecule has 2 N–H and O–H groups in total. The van der Waals surface area contributed by atoms with Crippen LogP contribution in [0.3, 0.4) is 0 Å². The first-order valence-electron chi connectivity index (χ1n) is 5.78. The van der Waals surface area contributed by atoms with Gasteiger partial charge in [0.05, 0.1) is 0 Å². The summed E-state index contributed by atoms with van der Waals surface area (Å²) >= 11 is 1.94. The van der Waals surface area contributed by atoms with Crippen molar-refractivity contribution in [1.29, 1.82) is 0 Å². The third-order valence-electron chi connectivity index (χ3n) is 2.81. The molecule has 1 aliphatic heterocycles. The molecular formula is C12H19N3S. The highest BCUT2D eigenvalue weighted by atomic mass is 32.2. The average molecular weight is 237 g/mol. The quantitative estimate of drug-likeness (QED) is 0.644. The average Bonchev–Trinajstić information content (AvgIpc) is 2.32. The number of piperazine rings is 1. The predicted molar refractivity (Wildman–Crippen MR) is 72.8 cm³/mol. The van der Waals surface area contributed by atoms with Gasteiger partial charge in [0.25, 0.3) is 0 Å². The van der Waals surface area contributed by atoms with Gasteiger partial charge in [0.2, 0.25) is 0 Å². The van der Waals surface area contributed by atoms with E-state index in [0.717, 1.165) is 31.9 Å². The lowest BCUT2D eigenvalue weighted by atomic mass is 10.2. The maximum absolute atomic E-state index is 5.69. The second-order valence-electron chi connectivity index (χ2n) is 3.93. The summed E-state index contributed by atoms with van der Waals surface area (Å²) in [6.45, 7) is 6.70. The van der Waals surface area contributed by atoms with Crippen LogP contribution in [0.25, 0.3) is 0 Å². The summed E-state index contributed by atoms with van der Waals surface area (Å²) in [4.78, 5) is 2.42. The molecular weight excluding hydrogens is 218 g/mol. The van der Waals surface area contributed by atoms with Crippen LogP contribution in [0.4, 0.5) is 11.4 Å². The van der Waals surface area contributed by atoms with Crippen LogP contribution in [0.5, 0.6) is 0 Å². The minimum absolute atomic E-state index is 0.837. The molecule has 0 spiro atoms. The van der Waals surface area contributed by atoms with E-state index in [4.69, 9.17) is 5.73 Å². The van der Waals surface area contributed by atoms with Gasteiger partial charge in [-0.2, -0.15) is 0 Å². The van der Waals surface area contributed by atoms with Gasteiger partial charge in [-0.25, -0.2) is 4.31 Å². The smallest absolute Gasteiger partial charge is 0.0368 e. The second-order valence-corrected chi connectivity index (χ2v) is 5.28. The summed E-state index contributed by atoms with van der Waals surface area (Å²) in [6.07, 6.45) is 0. The van der Waals surface area contributed by atoms with Crippen molar-refractivity contribution in [3.63, 3.8) is 0 Å². The Bertz CT molecular complexity index is 318. The van der Waals surface area contributed by atoms with Crippen LogP contribution in [0, 0.1) is 0 Å². The van der Waals surface area contributed by atoms with E-state index in [9.17, 15) is 0 Å². The molecule has 0 atom stereocenters. The standard InChI is InChI=1S/C12H19N3S/c1-2-16-15-9-7-14(8-10-15)12-5-3-11(13)4-6-12/h3-6H,2,7-10,13H2,1H3. The second kappa shape index (κ2) is 5.46. The minimum atomic E-state index is 0.837. The SMILES string of the molecule is CCSN1CCN(c2ccc(N)cc2)CC1. The van der Waals surface area contributed by atoms with E-state index in [2.05, 4.69) is 28.3 Å². The maximum atomic E-state index is 5.69. The molecule has 88 valence electrons. The first-order chi connectivity index (χ1) is 7.79. The number of hydrogen-bond donors (Lipinski definition) is 1. The van der Waals surface area contributed by atoms with Gasteiger partial charge in [0.1, 0.15) is 0 Å². The van der Waals surface area contributed by atoms with Gasteiger partial charge < -0.3 is 10.6 Å². The molecule has 0 saturated carbocycles. The number of rotatable bonds is 3. The van der Waals surface area contributed by atoms with Crippen molar-refractivity contribution in [3.05, 3.63) is 24.3 Å². The van der Waals surface area contributed by atoms with Gasteiger partial charge in [-0.05, 0) is 24.3 Å². The molecule has 0 amide bonds. The van der Waals surface area contributed by atoms with E-state index < -0.39 is 0 Å². The highest BCUT2D eigenvalue weighted by Gasteiger charge is 2.16. The first kappa shape index (κ1) is 11.6. The molecule has 0 aromatic heterocycles. The molecule has 1 saturated heterocycles. The van der Waals surface area contributed by atoms with Crippen molar-refractivity contribution in [2.24, 2.45) is 0 Å². The molecule has 1 fully saturated rings. The van der Waals surface area contributed by atoms with Crippen LogP contribution in [0.1, 0.15) is 6.92 Å². The Morgan fingerprint density at radius 1 is 1.12 bits per heavy atom. The van der Waals surface area contributed by atoms with Gasteiger partial charge in [0, 0.05) is 43.3 Å². The Morgan fingerprint density at radius 3 is 2.31 bits per heavy atom. The summed E-state index contributed by atoms with van der Waals surface area (Å²) in [5.41, 5.74) is 7.81. The van der Waals surface area contributed by atoms with Gasteiger partial charge in [-0.15, -0.1) is 0 Å². The van der Waals surface area contributed by atoms with E-state index in [1.54, 1.807) is 0 Å². The lowest BCUT2D eigenvalue weighted by molar-refractivity contribution is 0.430. The number of nitrogens with zero attached hydrogens (tertiary/aromatic N) is 2. The fourth-order valence-corrected chi connectivity index (χ4v) is 2.73. The van der Waals surface area contributed by atoms with E-state index in [1.807, 2.05) is 24.1 Å². The van der Waals surface area contributed by atoms with Crippen molar-refractivity contribution in [2.45, 2.75) is 6.92 Å². The van der Waals surface area contributed by atoms with Crippen LogP contribution in [0.2, 0.25) is 0 Å². The van der Waals surface area contributed by atoms with E-state index >= 15 is 0 Å². The Kier molecular flexibility index (Phi) is 3.96. The van der Waals surface area contributed by atoms with Crippen LogP contribution >= 0.6 is 11.9 Å². The van der Waals surface area contributed by atoms with Crippen LogP contribution in [0.15, 0.2) is 24.3 Å². The number of anilines is 2. The van der Waals surface area contributed by atoms with Crippen LogP contribution in [-0.4, -0.2) is 36.2 Å². The summed E-state index contributed by atoms with van der Waals surface area (Å²) in [6, 6.07) is 8.17. The minimum Gasteiger partial charge on any atom is -0.399 e. The lowest BCUT2D eigenvalue weighted by Gasteiger charge is -2.35. The number of nitrogens with two attached hydrogens (primary N) is 1. The maximum Gasteiger partial charge on any atom is 0.0368 e. The molecule has 4 heteroatoms. The molecule has 0 aliphatic carbocycles. The van der Waals surface area contributed by atoms with Gasteiger partial charge in [-0.1, -0.05) is 18.9 Å². The van der Waals surface area contributed by atoms with Crippen LogP contribution < -0.4 is 10.6 Å². The highest BCUT2D eigenvalue weighted by molar-refractivity contribution is 7.96. The lowest BCUT2D eigenvalue weighted by Crippen LogP contribution is -2.43. The predicted octanol–water partition coefficient (Wildman–Crippen LogP) is 2.06. The van der Waals surface area contributed by atoms with Crippen molar-refractivity contribution < 1.29 is 0 Å². The zero-order chi connectivity index (χ0) is 11.4. The summed E-state index contributed by atoms with van der Waals surface area (Å²) < 4.78 is 2.45. The molecule has 0 bridgehead atoms. The first-order valence-corrected chi connectivity index (χ1v) is 6.72. The fourth-order valence-electron chi connectivity index (χ4n) is 1.94. The van der Waals surface area contributed by atoms with Crippen molar-refractivity contribution >= 4 is 23.3 Å². The number of nitrogen functional groups attached to an aromatic ring is 1. The summed E-state index contributed by atoms with van der Waals surface area (Å²) in [5.74, 6) is 1.17.